The molecule has 0 fully saturated rings. The molecule has 0 aliphatic rings. The molecular weight excluding hydrogens is 248 g/mol. The zero-order valence-corrected chi connectivity index (χ0v) is 12.0. The molecule has 0 unspecified atom stereocenters. The molecule has 0 bridgehead atoms. The first-order chi connectivity index (χ1) is 8.54. The molecule has 0 amide bonds. The molecule has 2 rings (SSSR count). The van der Waals surface area contributed by atoms with Gasteiger partial charge in [0.1, 0.15) is 10.9 Å². The Bertz CT molecular complexity index is 556. The molecule has 0 spiro atoms. The first-order valence-electron chi connectivity index (χ1n) is 5.91. The minimum absolute atomic E-state index is 0.731. The van der Waals surface area contributed by atoms with Crippen LogP contribution >= 0.6 is 11.8 Å². The lowest BCUT2D eigenvalue weighted by molar-refractivity contribution is 0.555. The second-order valence-electron chi connectivity index (χ2n) is 4.22. The second kappa shape index (κ2) is 5.01. The molecule has 0 atom stereocenters. The Morgan fingerprint density at radius 1 is 1.28 bits per heavy atom. The van der Waals surface area contributed by atoms with E-state index in [1.807, 2.05) is 30.1 Å². The molecule has 18 heavy (non-hydrogen) atoms. The molecule has 2 heterocycles. The van der Waals surface area contributed by atoms with Crippen molar-refractivity contribution in [3.63, 3.8) is 0 Å². The van der Waals surface area contributed by atoms with Crippen molar-refractivity contribution < 1.29 is 0 Å². The molecule has 0 saturated heterocycles. The number of aromatic nitrogens is 5. The van der Waals surface area contributed by atoms with Gasteiger partial charge in [-0.05, 0) is 32.0 Å². The fourth-order valence-corrected chi connectivity index (χ4v) is 2.63. The molecular formula is C11H18N6S. The molecule has 98 valence electrons. The third kappa shape index (κ3) is 2.22. The van der Waals surface area contributed by atoms with Gasteiger partial charge in [-0.1, -0.05) is 6.92 Å². The van der Waals surface area contributed by atoms with E-state index in [0.29, 0.717) is 0 Å². The maximum atomic E-state index is 6.08. The van der Waals surface area contributed by atoms with Crippen LogP contribution in [0.25, 0.3) is 0 Å². The molecule has 0 aromatic carbocycles. The van der Waals surface area contributed by atoms with Gasteiger partial charge in [0.25, 0.3) is 0 Å². The molecule has 0 radical (unpaired) electrons. The van der Waals surface area contributed by atoms with Gasteiger partial charge in [0.2, 0.25) is 0 Å². The Labute approximate surface area is 111 Å². The fourth-order valence-electron chi connectivity index (χ4n) is 1.61. The van der Waals surface area contributed by atoms with Crippen molar-refractivity contribution in [1.29, 1.82) is 0 Å². The quantitative estimate of drug-likeness (QED) is 0.913. The van der Waals surface area contributed by atoms with E-state index in [2.05, 4.69) is 22.2 Å². The third-order valence-electron chi connectivity index (χ3n) is 2.80. The number of rotatable bonds is 4. The second-order valence-corrected chi connectivity index (χ2v) is 5.17. The van der Waals surface area contributed by atoms with E-state index in [9.17, 15) is 0 Å². The van der Waals surface area contributed by atoms with Gasteiger partial charge in [-0.2, -0.15) is 5.10 Å². The monoisotopic (exact) mass is 266 g/mol. The van der Waals surface area contributed by atoms with E-state index in [0.717, 1.165) is 40.4 Å². The van der Waals surface area contributed by atoms with E-state index in [4.69, 9.17) is 5.73 Å². The zero-order chi connectivity index (χ0) is 13.3. The lowest BCUT2D eigenvalue weighted by Gasteiger charge is -2.06. The summed E-state index contributed by atoms with van der Waals surface area (Å²) in [5.74, 6) is 0.884. The van der Waals surface area contributed by atoms with Crippen molar-refractivity contribution in [3.8, 4) is 0 Å². The highest BCUT2D eigenvalue weighted by atomic mass is 32.2. The highest BCUT2D eigenvalue weighted by Crippen LogP contribution is 2.32. The van der Waals surface area contributed by atoms with Gasteiger partial charge in [0, 0.05) is 13.6 Å². The predicted molar refractivity (Wildman–Crippen MR) is 71.5 cm³/mol. The van der Waals surface area contributed by atoms with Gasteiger partial charge in [-0.3, -0.25) is 4.68 Å². The van der Waals surface area contributed by atoms with Crippen molar-refractivity contribution in [2.24, 2.45) is 7.05 Å². The van der Waals surface area contributed by atoms with Crippen LogP contribution in [0.1, 0.15) is 24.9 Å². The molecule has 2 aromatic rings. The molecule has 0 aliphatic heterocycles. The topological polar surface area (TPSA) is 74.6 Å². The van der Waals surface area contributed by atoms with Crippen molar-refractivity contribution in [3.05, 3.63) is 11.5 Å². The van der Waals surface area contributed by atoms with Crippen LogP contribution < -0.4 is 5.73 Å². The first-order valence-corrected chi connectivity index (χ1v) is 6.73. The van der Waals surface area contributed by atoms with Crippen LogP contribution in [0.5, 0.6) is 0 Å². The smallest absolute Gasteiger partial charge is 0.197 e. The Morgan fingerprint density at radius 2 is 2.00 bits per heavy atom. The van der Waals surface area contributed by atoms with Crippen molar-refractivity contribution in [1.82, 2.24) is 24.5 Å². The summed E-state index contributed by atoms with van der Waals surface area (Å²) in [5, 5.41) is 14.4. The minimum Gasteiger partial charge on any atom is -0.395 e. The molecule has 0 saturated carbocycles. The van der Waals surface area contributed by atoms with Crippen LogP contribution in [0, 0.1) is 13.8 Å². The Kier molecular flexibility index (Phi) is 3.60. The largest absolute Gasteiger partial charge is 0.395 e. The molecule has 0 aliphatic carbocycles. The lowest BCUT2D eigenvalue weighted by Crippen LogP contribution is -2.02. The SMILES string of the molecule is CCCn1nc(C)c(N)c1Sc1nnc(C)n1C. The molecule has 2 aromatic heterocycles. The van der Waals surface area contributed by atoms with Crippen molar-refractivity contribution in [2.45, 2.75) is 43.9 Å². The number of aryl methyl sites for hydroxylation is 3. The maximum Gasteiger partial charge on any atom is 0.197 e. The first kappa shape index (κ1) is 12.9. The van der Waals surface area contributed by atoms with Gasteiger partial charge < -0.3 is 10.3 Å². The zero-order valence-electron chi connectivity index (χ0n) is 11.1. The summed E-state index contributed by atoms with van der Waals surface area (Å²) in [4.78, 5) is 0. The Balaban J connectivity index is 2.36. The van der Waals surface area contributed by atoms with Crippen LogP contribution in [-0.4, -0.2) is 24.5 Å². The number of hydrogen-bond donors (Lipinski definition) is 1. The number of hydrogen-bond acceptors (Lipinski definition) is 5. The van der Waals surface area contributed by atoms with Crippen LogP contribution in [0.4, 0.5) is 5.69 Å². The number of anilines is 1. The predicted octanol–water partition coefficient (Wildman–Crippen LogP) is 1.77. The summed E-state index contributed by atoms with van der Waals surface area (Å²) in [6, 6.07) is 0. The standard InChI is InChI=1S/C11H18N6S/c1-5-6-17-10(9(12)7(2)15-17)18-11-14-13-8(3)16(11)4/h5-6,12H2,1-4H3. The fraction of sp³-hybridized carbons (Fsp3) is 0.545. The van der Waals surface area contributed by atoms with Crippen LogP contribution in [0.15, 0.2) is 10.2 Å². The highest BCUT2D eigenvalue weighted by molar-refractivity contribution is 7.99. The van der Waals surface area contributed by atoms with Gasteiger partial charge in [-0.25, -0.2) is 0 Å². The lowest BCUT2D eigenvalue weighted by atomic mass is 10.4. The van der Waals surface area contributed by atoms with Crippen LogP contribution in [0.3, 0.4) is 0 Å². The number of nitrogen functional groups attached to an aromatic ring is 1. The summed E-state index contributed by atoms with van der Waals surface area (Å²) in [6.07, 6.45) is 1.02. The van der Waals surface area contributed by atoms with E-state index < -0.39 is 0 Å². The van der Waals surface area contributed by atoms with E-state index in [1.54, 1.807) is 0 Å². The van der Waals surface area contributed by atoms with Gasteiger partial charge in [-0.15, -0.1) is 10.2 Å². The summed E-state index contributed by atoms with van der Waals surface area (Å²) < 4.78 is 3.89. The van der Waals surface area contributed by atoms with Crippen molar-refractivity contribution in [2.75, 3.05) is 5.73 Å². The molecule has 7 heteroatoms. The van der Waals surface area contributed by atoms with E-state index in [1.165, 1.54) is 11.8 Å². The average Bonchev–Trinajstić information content (AvgIpc) is 2.78. The van der Waals surface area contributed by atoms with Gasteiger partial charge in [0.05, 0.1) is 11.4 Å². The van der Waals surface area contributed by atoms with Gasteiger partial charge in [0.15, 0.2) is 5.16 Å². The summed E-state index contributed by atoms with van der Waals surface area (Å²) in [5.41, 5.74) is 7.67. The third-order valence-corrected chi connectivity index (χ3v) is 3.96. The maximum absolute atomic E-state index is 6.08. The van der Waals surface area contributed by atoms with Crippen molar-refractivity contribution >= 4 is 17.4 Å². The summed E-state index contributed by atoms with van der Waals surface area (Å²) in [7, 11) is 1.95. The van der Waals surface area contributed by atoms with Crippen LogP contribution in [-0.2, 0) is 13.6 Å². The minimum atomic E-state index is 0.731. The molecule has 2 N–H and O–H groups in total. The normalized spacial score (nSPS) is 11.1. The number of nitrogens with two attached hydrogens (primary N) is 1. The van der Waals surface area contributed by atoms with Crippen LogP contribution in [0.2, 0.25) is 0 Å². The number of nitrogens with zero attached hydrogens (tertiary/aromatic N) is 5. The van der Waals surface area contributed by atoms with E-state index in [-0.39, 0.29) is 0 Å². The highest BCUT2D eigenvalue weighted by Gasteiger charge is 2.16. The molecule has 6 nitrogen and oxygen atoms in total. The van der Waals surface area contributed by atoms with Gasteiger partial charge >= 0.3 is 0 Å². The van der Waals surface area contributed by atoms with E-state index >= 15 is 0 Å². The average molecular weight is 266 g/mol. The Morgan fingerprint density at radius 3 is 2.56 bits per heavy atom. The summed E-state index contributed by atoms with van der Waals surface area (Å²) >= 11 is 1.51. The summed E-state index contributed by atoms with van der Waals surface area (Å²) in [6.45, 7) is 6.83. The Hall–Kier alpha value is -1.50.